The molecule has 0 N–H and O–H groups in total. The summed E-state index contributed by atoms with van der Waals surface area (Å²) < 4.78 is 11.1. The third-order valence-electron chi connectivity index (χ3n) is 8.20. The Hall–Kier alpha value is -3.14. The number of ether oxygens (including phenoxy) is 2. The maximum Gasteiger partial charge on any atom is 0.338 e. The topological polar surface area (TPSA) is 52.6 Å². The van der Waals surface area contributed by atoms with Crippen LogP contribution < -0.4 is 4.74 Å². The molecule has 2 aromatic carbocycles. The van der Waals surface area contributed by atoms with Crippen molar-refractivity contribution in [3.05, 3.63) is 89.5 Å². The summed E-state index contributed by atoms with van der Waals surface area (Å²) in [6.45, 7) is 13.0. The van der Waals surface area contributed by atoms with E-state index in [0.29, 0.717) is 11.3 Å². The van der Waals surface area contributed by atoms with Gasteiger partial charge < -0.3 is 9.47 Å². The molecule has 0 heterocycles. The zero-order chi connectivity index (χ0) is 26.0. The molecule has 36 heavy (non-hydrogen) atoms. The Bertz CT molecular complexity index is 1120. The Morgan fingerprint density at radius 1 is 0.889 bits per heavy atom. The van der Waals surface area contributed by atoms with Gasteiger partial charge in [-0.25, -0.2) is 4.79 Å². The Balaban J connectivity index is 1.58. The SMILES string of the molecule is C=CCOC(=O)c1ccc(OC(=O)C2(CCc3ccccc3)CC3=C(C2)C(C)(C)CCC3(C)C)cc1. The van der Waals surface area contributed by atoms with Crippen molar-refractivity contribution in [3.8, 4) is 5.75 Å². The van der Waals surface area contributed by atoms with Gasteiger partial charge >= 0.3 is 11.9 Å². The first-order valence-electron chi connectivity index (χ1n) is 12.9. The molecule has 4 rings (SSSR count). The lowest BCUT2D eigenvalue weighted by atomic mass is 9.64. The second-order valence-electron chi connectivity index (χ2n) is 11.6. The molecule has 190 valence electrons. The zero-order valence-electron chi connectivity index (χ0n) is 22.1. The van der Waals surface area contributed by atoms with Crippen LogP contribution in [0, 0.1) is 16.2 Å². The van der Waals surface area contributed by atoms with Crippen LogP contribution in [-0.4, -0.2) is 18.5 Å². The number of esters is 2. The lowest BCUT2D eigenvalue weighted by molar-refractivity contribution is -0.146. The monoisotopic (exact) mass is 486 g/mol. The van der Waals surface area contributed by atoms with Crippen molar-refractivity contribution >= 4 is 11.9 Å². The molecule has 0 saturated carbocycles. The van der Waals surface area contributed by atoms with Crippen molar-refractivity contribution in [2.75, 3.05) is 6.61 Å². The van der Waals surface area contributed by atoms with Gasteiger partial charge in [-0.2, -0.15) is 0 Å². The highest BCUT2D eigenvalue weighted by Gasteiger charge is 2.53. The molecule has 0 fully saturated rings. The molecule has 0 bridgehead atoms. The largest absolute Gasteiger partial charge is 0.458 e. The molecule has 0 amide bonds. The maximum atomic E-state index is 13.9. The van der Waals surface area contributed by atoms with Crippen molar-refractivity contribution in [1.29, 1.82) is 0 Å². The molecule has 2 aliphatic carbocycles. The van der Waals surface area contributed by atoms with E-state index < -0.39 is 11.4 Å². The molecular weight excluding hydrogens is 448 g/mol. The molecule has 0 spiro atoms. The lowest BCUT2D eigenvalue weighted by Crippen LogP contribution is -2.34. The van der Waals surface area contributed by atoms with E-state index in [1.165, 1.54) is 22.8 Å². The first-order chi connectivity index (χ1) is 17.1. The minimum absolute atomic E-state index is 0.0904. The van der Waals surface area contributed by atoms with E-state index in [0.717, 1.165) is 38.5 Å². The third-order valence-corrected chi connectivity index (χ3v) is 8.20. The summed E-state index contributed by atoms with van der Waals surface area (Å²) in [5.41, 5.74) is 4.13. The summed E-state index contributed by atoms with van der Waals surface area (Å²) in [4.78, 5) is 26.0. The summed E-state index contributed by atoms with van der Waals surface area (Å²) in [5, 5.41) is 0. The van der Waals surface area contributed by atoms with Gasteiger partial charge in [0.15, 0.2) is 0 Å². The van der Waals surface area contributed by atoms with E-state index in [1.807, 2.05) is 18.2 Å². The summed E-state index contributed by atoms with van der Waals surface area (Å²) in [6, 6.07) is 17.0. The highest BCUT2D eigenvalue weighted by Crippen LogP contribution is 2.61. The Labute approximate surface area is 215 Å². The van der Waals surface area contributed by atoms with Crippen molar-refractivity contribution in [2.45, 2.75) is 66.2 Å². The van der Waals surface area contributed by atoms with E-state index in [1.54, 1.807) is 24.3 Å². The summed E-state index contributed by atoms with van der Waals surface area (Å²) in [6.07, 6.45) is 6.85. The number of carbonyl (C=O) groups excluding carboxylic acids is 2. The van der Waals surface area contributed by atoms with Crippen LogP contribution in [0.5, 0.6) is 5.75 Å². The van der Waals surface area contributed by atoms with Crippen molar-refractivity contribution in [3.63, 3.8) is 0 Å². The predicted octanol–water partition coefficient (Wildman–Crippen LogP) is 7.49. The van der Waals surface area contributed by atoms with E-state index in [2.05, 4.69) is 46.4 Å². The minimum Gasteiger partial charge on any atom is -0.458 e. The van der Waals surface area contributed by atoms with Gasteiger partial charge in [-0.3, -0.25) is 4.79 Å². The smallest absolute Gasteiger partial charge is 0.338 e. The molecule has 0 aromatic heterocycles. The Morgan fingerprint density at radius 2 is 1.47 bits per heavy atom. The molecule has 2 aliphatic rings. The number of hydrogen-bond acceptors (Lipinski definition) is 4. The summed E-state index contributed by atoms with van der Waals surface area (Å²) in [7, 11) is 0. The average Bonchev–Trinajstić information content (AvgIpc) is 3.29. The van der Waals surface area contributed by atoms with Gasteiger partial charge in [0.25, 0.3) is 0 Å². The van der Waals surface area contributed by atoms with E-state index in [-0.39, 0.29) is 23.4 Å². The van der Waals surface area contributed by atoms with Crippen LogP contribution in [0.1, 0.15) is 75.7 Å². The first-order valence-corrected chi connectivity index (χ1v) is 12.9. The predicted molar refractivity (Wildman–Crippen MR) is 143 cm³/mol. The van der Waals surface area contributed by atoms with Gasteiger partial charge in [-0.1, -0.05) is 81.8 Å². The molecule has 0 saturated heterocycles. The highest BCUT2D eigenvalue weighted by molar-refractivity contribution is 5.89. The lowest BCUT2D eigenvalue weighted by Gasteiger charge is -2.41. The first kappa shape index (κ1) is 25.9. The number of hydrogen-bond donors (Lipinski definition) is 0. The molecule has 0 radical (unpaired) electrons. The fourth-order valence-corrected chi connectivity index (χ4v) is 5.72. The fraction of sp³-hybridized carbons (Fsp3) is 0.438. The van der Waals surface area contributed by atoms with Crippen molar-refractivity contribution in [1.82, 2.24) is 0 Å². The van der Waals surface area contributed by atoms with E-state index in [9.17, 15) is 9.59 Å². The number of rotatable bonds is 8. The Kier molecular flexibility index (Phi) is 7.26. The molecule has 4 heteroatoms. The number of carbonyl (C=O) groups is 2. The molecule has 0 aliphatic heterocycles. The second kappa shape index (κ2) is 10.1. The molecule has 4 nitrogen and oxygen atoms in total. The summed E-state index contributed by atoms with van der Waals surface area (Å²) in [5.74, 6) is -0.159. The fourth-order valence-electron chi connectivity index (χ4n) is 5.72. The van der Waals surface area contributed by atoms with Gasteiger partial charge in [0, 0.05) is 0 Å². The van der Waals surface area contributed by atoms with Crippen molar-refractivity contribution in [2.24, 2.45) is 16.2 Å². The van der Waals surface area contributed by atoms with Crippen LogP contribution in [-0.2, 0) is 16.0 Å². The minimum atomic E-state index is -0.596. The van der Waals surface area contributed by atoms with E-state index in [4.69, 9.17) is 9.47 Å². The number of allylic oxidation sites excluding steroid dienone is 2. The Morgan fingerprint density at radius 3 is 2.03 bits per heavy atom. The normalized spacial score (nSPS) is 19.3. The zero-order valence-corrected chi connectivity index (χ0v) is 22.1. The quantitative estimate of drug-likeness (QED) is 0.220. The van der Waals surface area contributed by atoms with Crippen molar-refractivity contribution < 1.29 is 19.1 Å². The highest BCUT2D eigenvalue weighted by atomic mass is 16.5. The van der Waals surface area contributed by atoms with Crippen LogP contribution >= 0.6 is 0 Å². The summed E-state index contributed by atoms with van der Waals surface area (Å²) >= 11 is 0. The standard InChI is InChI=1S/C32H38O4/c1-6-20-35-28(33)24-12-14-25(15-13-24)36-29(34)32(17-16-23-10-8-7-9-11-23)21-26-27(22-32)31(4,5)19-18-30(26,2)3/h6-15H,1,16-22H2,2-5H3. The molecular formula is C32H38O4. The van der Waals surface area contributed by atoms with Crippen LogP contribution in [0.2, 0.25) is 0 Å². The van der Waals surface area contributed by atoms with Gasteiger partial charge in [0.1, 0.15) is 12.4 Å². The number of benzene rings is 2. The molecule has 2 aromatic rings. The van der Waals surface area contributed by atoms with Gasteiger partial charge in [-0.05, 0) is 79.2 Å². The number of aryl methyl sites for hydroxylation is 1. The van der Waals surface area contributed by atoms with Gasteiger partial charge in [0.2, 0.25) is 0 Å². The molecule has 0 unspecified atom stereocenters. The van der Waals surface area contributed by atoms with Gasteiger partial charge in [-0.15, -0.1) is 0 Å². The van der Waals surface area contributed by atoms with Crippen LogP contribution in [0.4, 0.5) is 0 Å². The van der Waals surface area contributed by atoms with Gasteiger partial charge in [0.05, 0.1) is 11.0 Å². The maximum absolute atomic E-state index is 13.9. The van der Waals surface area contributed by atoms with E-state index >= 15 is 0 Å². The average molecular weight is 487 g/mol. The second-order valence-corrected chi connectivity index (χ2v) is 11.6. The third kappa shape index (κ3) is 5.33. The van der Waals surface area contributed by atoms with Crippen LogP contribution in [0.15, 0.2) is 78.4 Å². The van der Waals surface area contributed by atoms with Crippen LogP contribution in [0.25, 0.3) is 0 Å². The van der Waals surface area contributed by atoms with Crippen LogP contribution in [0.3, 0.4) is 0 Å². The molecule has 0 atom stereocenters.